The molecule has 5 heteroatoms. The lowest BCUT2D eigenvalue weighted by Crippen LogP contribution is -1.90. The molecule has 5 nitrogen and oxygen atoms in total. The zero-order chi connectivity index (χ0) is 11.7. The van der Waals surface area contributed by atoms with E-state index in [1.54, 1.807) is 12.1 Å². The maximum atomic E-state index is 9.96. The number of aromatic hydroxyl groups is 1. The Morgan fingerprint density at radius 1 is 1.38 bits per heavy atom. The van der Waals surface area contributed by atoms with Gasteiger partial charge in [0.15, 0.2) is 11.5 Å². The topological polar surface area (TPSA) is 81.5 Å². The van der Waals surface area contributed by atoms with Crippen LogP contribution in [0.15, 0.2) is 22.9 Å². The lowest BCUT2D eigenvalue weighted by molar-refractivity contribution is 0.374. The molecule has 0 spiro atoms. The van der Waals surface area contributed by atoms with Crippen molar-refractivity contribution in [3.8, 4) is 22.6 Å². The highest BCUT2D eigenvalue weighted by molar-refractivity contribution is 5.79. The van der Waals surface area contributed by atoms with Crippen molar-refractivity contribution >= 4 is 5.88 Å². The molecule has 0 bridgehead atoms. The minimum Gasteiger partial charge on any atom is -0.504 e. The Kier molecular flexibility index (Phi) is 2.44. The fraction of sp³-hybridized carbons (Fsp3) is 0.182. The summed E-state index contributed by atoms with van der Waals surface area (Å²) >= 11 is 0. The third-order valence-electron chi connectivity index (χ3n) is 2.33. The normalized spacial score (nSPS) is 10.4. The molecule has 1 aromatic carbocycles. The molecule has 0 aliphatic rings. The third-order valence-corrected chi connectivity index (χ3v) is 2.33. The summed E-state index contributed by atoms with van der Waals surface area (Å²) in [6.07, 6.45) is 1.46. The summed E-state index contributed by atoms with van der Waals surface area (Å²) in [5.41, 5.74) is 7.66. The van der Waals surface area contributed by atoms with Gasteiger partial charge in [-0.25, -0.2) is 0 Å². The van der Waals surface area contributed by atoms with Gasteiger partial charge in [0.1, 0.15) is 0 Å². The number of hydrogen-bond acceptors (Lipinski definition) is 5. The minimum atomic E-state index is 0.0306. The Balaban J connectivity index is 2.65. The second-order valence-corrected chi connectivity index (χ2v) is 3.47. The maximum absolute atomic E-state index is 9.96. The second-order valence-electron chi connectivity index (χ2n) is 3.47. The number of benzene rings is 1. The number of rotatable bonds is 2. The van der Waals surface area contributed by atoms with Crippen LogP contribution in [0, 0.1) is 6.92 Å². The van der Waals surface area contributed by atoms with E-state index in [9.17, 15) is 5.11 Å². The molecule has 0 aliphatic heterocycles. The molecule has 0 unspecified atom stereocenters. The summed E-state index contributed by atoms with van der Waals surface area (Å²) in [5, 5.41) is 13.5. The molecule has 0 amide bonds. The summed E-state index contributed by atoms with van der Waals surface area (Å²) in [6.45, 7) is 1.90. The van der Waals surface area contributed by atoms with Crippen molar-refractivity contribution in [1.29, 1.82) is 0 Å². The summed E-state index contributed by atoms with van der Waals surface area (Å²) in [6, 6.07) is 3.53. The number of hydrogen-bond donors (Lipinski definition) is 2. The van der Waals surface area contributed by atoms with E-state index in [0.717, 1.165) is 5.56 Å². The number of phenols is 1. The van der Waals surface area contributed by atoms with Crippen molar-refractivity contribution in [2.24, 2.45) is 0 Å². The molecule has 0 atom stereocenters. The number of phenolic OH excluding ortho intramolecular Hbond substituents is 1. The van der Waals surface area contributed by atoms with E-state index < -0.39 is 0 Å². The Morgan fingerprint density at radius 3 is 2.69 bits per heavy atom. The van der Waals surface area contributed by atoms with Gasteiger partial charge in [-0.15, -0.1) is 0 Å². The molecule has 3 N–H and O–H groups in total. The maximum Gasteiger partial charge on any atom is 0.230 e. The number of nitrogens with zero attached hydrogens (tertiary/aromatic N) is 1. The van der Waals surface area contributed by atoms with Crippen molar-refractivity contribution in [1.82, 2.24) is 5.16 Å². The van der Waals surface area contributed by atoms with Crippen molar-refractivity contribution in [2.45, 2.75) is 6.92 Å². The van der Waals surface area contributed by atoms with E-state index >= 15 is 0 Å². The largest absolute Gasteiger partial charge is 0.504 e. The fourth-order valence-electron chi connectivity index (χ4n) is 1.56. The first-order chi connectivity index (χ1) is 7.63. The Hall–Kier alpha value is -2.17. The molecular formula is C11H12N2O3. The van der Waals surface area contributed by atoms with Gasteiger partial charge in [0, 0.05) is 5.56 Å². The first-order valence-electron chi connectivity index (χ1n) is 4.71. The van der Waals surface area contributed by atoms with E-state index in [0.29, 0.717) is 16.9 Å². The van der Waals surface area contributed by atoms with Crippen LogP contribution >= 0.6 is 0 Å². The molecule has 0 saturated carbocycles. The Morgan fingerprint density at radius 2 is 2.12 bits per heavy atom. The lowest BCUT2D eigenvalue weighted by Gasteiger charge is -2.09. The molecule has 0 fully saturated rings. The van der Waals surface area contributed by atoms with Crippen LogP contribution in [0.5, 0.6) is 11.5 Å². The lowest BCUT2D eigenvalue weighted by atomic mass is 10.0. The number of aromatic nitrogens is 1. The molecule has 2 rings (SSSR count). The molecule has 1 heterocycles. The van der Waals surface area contributed by atoms with Crippen molar-refractivity contribution < 1.29 is 14.4 Å². The predicted octanol–water partition coefficient (Wildman–Crippen LogP) is 1.95. The van der Waals surface area contributed by atoms with E-state index in [-0.39, 0.29) is 11.6 Å². The van der Waals surface area contributed by atoms with Gasteiger partial charge in [0.2, 0.25) is 5.88 Å². The molecule has 0 radical (unpaired) electrons. The highest BCUT2D eigenvalue weighted by Crippen LogP contribution is 2.40. The minimum absolute atomic E-state index is 0.0306. The highest BCUT2D eigenvalue weighted by Gasteiger charge is 2.15. The van der Waals surface area contributed by atoms with Gasteiger partial charge in [-0.2, -0.15) is 0 Å². The van der Waals surface area contributed by atoms with E-state index in [4.69, 9.17) is 15.0 Å². The quantitative estimate of drug-likeness (QED) is 0.808. The number of aryl methyl sites for hydroxylation is 1. The first-order valence-corrected chi connectivity index (χ1v) is 4.71. The predicted molar refractivity (Wildman–Crippen MR) is 59.3 cm³/mol. The monoisotopic (exact) mass is 220 g/mol. The van der Waals surface area contributed by atoms with Crippen molar-refractivity contribution in [3.05, 3.63) is 23.9 Å². The van der Waals surface area contributed by atoms with E-state index in [2.05, 4.69) is 5.16 Å². The van der Waals surface area contributed by atoms with Crippen LogP contribution in [0.25, 0.3) is 11.1 Å². The summed E-state index contributed by atoms with van der Waals surface area (Å²) in [4.78, 5) is 0. The zero-order valence-corrected chi connectivity index (χ0v) is 9.02. The summed E-state index contributed by atoms with van der Waals surface area (Å²) in [7, 11) is 1.50. The molecule has 84 valence electrons. The molecule has 0 saturated heterocycles. The number of nitrogens with two attached hydrogens (primary N) is 1. The van der Waals surface area contributed by atoms with Crippen LogP contribution in [-0.4, -0.2) is 17.4 Å². The van der Waals surface area contributed by atoms with E-state index in [1.807, 2.05) is 6.92 Å². The molecule has 16 heavy (non-hydrogen) atoms. The van der Waals surface area contributed by atoms with Crippen LogP contribution in [0.3, 0.4) is 0 Å². The summed E-state index contributed by atoms with van der Waals surface area (Å²) < 4.78 is 9.83. The van der Waals surface area contributed by atoms with Crippen LogP contribution in [-0.2, 0) is 0 Å². The number of methoxy groups -OCH3 is 1. The number of ether oxygens (including phenoxy) is 1. The first kappa shape index (κ1) is 10.4. The van der Waals surface area contributed by atoms with Crippen LogP contribution in [0.2, 0.25) is 0 Å². The SMILES string of the molecule is COc1cc(C)cc(-c2cnoc2N)c1O. The average Bonchev–Trinajstić information content (AvgIpc) is 2.67. The standard InChI is InChI=1S/C11H12N2O3/c1-6-3-7(8-5-13-16-11(8)12)10(14)9(4-6)15-2/h3-5,14H,12H2,1-2H3. The van der Waals surface area contributed by atoms with Crippen LogP contribution < -0.4 is 10.5 Å². The summed E-state index contributed by atoms with van der Waals surface area (Å²) in [5.74, 6) is 0.599. The number of anilines is 1. The Bertz CT molecular complexity index is 520. The van der Waals surface area contributed by atoms with Gasteiger partial charge in [-0.05, 0) is 24.6 Å². The third kappa shape index (κ3) is 1.56. The van der Waals surface area contributed by atoms with Gasteiger partial charge in [0.25, 0.3) is 0 Å². The van der Waals surface area contributed by atoms with E-state index in [1.165, 1.54) is 13.3 Å². The fourth-order valence-corrected chi connectivity index (χ4v) is 1.56. The molecular weight excluding hydrogens is 208 g/mol. The Labute approximate surface area is 92.4 Å². The van der Waals surface area contributed by atoms with Crippen molar-refractivity contribution in [2.75, 3.05) is 12.8 Å². The molecule has 2 aromatic rings. The van der Waals surface area contributed by atoms with Gasteiger partial charge in [-0.3, -0.25) is 0 Å². The van der Waals surface area contributed by atoms with Gasteiger partial charge in [0.05, 0.1) is 18.9 Å². The van der Waals surface area contributed by atoms with Crippen molar-refractivity contribution in [3.63, 3.8) is 0 Å². The van der Waals surface area contributed by atoms with Gasteiger partial charge >= 0.3 is 0 Å². The molecule has 1 aromatic heterocycles. The van der Waals surface area contributed by atoms with Gasteiger partial charge < -0.3 is 20.1 Å². The van der Waals surface area contributed by atoms with Crippen LogP contribution in [0.1, 0.15) is 5.56 Å². The second kappa shape index (κ2) is 3.77. The van der Waals surface area contributed by atoms with Gasteiger partial charge in [-0.1, -0.05) is 5.16 Å². The molecule has 0 aliphatic carbocycles. The highest BCUT2D eigenvalue weighted by atomic mass is 16.5. The number of nitrogen functional groups attached to an aromatic ring is 1. The smallest absolute Gasteiger partial charge is 0.230 e. The zero-order valence-electron chi connectivity index (χ0n) is 9.02. The average molecular weight is 220 g/mol. The van der Waals surface area contributed by atoms with Crippen LogP contribution in [0.4, 0.5) is 5.88 Å².